The molecule has 11 heteroatoms. The fourth-order valence-corrected chi connectivity index (χ4v) is 3.80. The van der Waals surface area contributed by atoms with Crippen LogP contribution < -0.4 is 14.8 Å². The van der Waals surface area contributed by atoms with Crippen LogP contribution in [0.2, 0.25) is 0 Å². The van der Waals surface area contributed by atoms with E-state index in [1.54, 1.807) is 33.1 Å². The van der Waals surface area contributed by atoms with Crippen molar-refractivity contribution < 1.29 is 36.9 Å². The minimum absolute atomic E-state index is 0.0198. The second kappa shape index (κ2) is 11.2. The number of benzene rings is 2. The van der Waals surface area contributed by atoms with Gasteiger partial charge in [-0.25, -0.2) is 14.4 Å². The predicted molar refractivity (Wildman–Crippen MR) is 132 cm³/mol. The number of ether oxygens (including phenoxy) is 4. The van der Waals surface area contributed by atoms with Crippen molar-refractivity contribution in [2.75, 3.05) is 32.8 Å². The third-order valence-electron chi connectivity index (χ3n) is 5.92. The summed E-state index contributed by atoms with van der Waals surface area (Å²) in [6.45, 7) is 5.92. The Bertz CT molecular complexity index is 1270. The molecule has 0 aliphatic heterocycles. The maximum absolute atomic E-state index is 15.5. The van der Waals surface area contributed by atoms with E-state index in [4.69, 9.17) is 14.2 Å². The van der Waals surface area contributed by atoms with E-state index >= 15 is 13.2 Å². The summed E-state index contributed by atoms with van der Waals surface area (Å²) in [4.78, 5) is 19.6. The molecular formula is C26H30F3N3O5. The Morgan fingerprint density at radius 3 is 2.49 bits per heavy atom. The first-order valence-electron chi connectivity index (χ1n) is 11.5. The van der Waals surface area contributed by atoms with Gasteiger partial charge in [-0.3, -0.25) is 4.79 Å². The number of rotatable bonds is 12. The second-order valence-corrected chi connectivity index (χ2v) is 8.85. The van der Waals surface area contributed by atoms with Crippen molar-refractivity contribution in [3.05, 3.63) is 53.1 Å². The highest BCUT2D eigenvalue weighted by atomic mass is 19.3. The summed E-state index contributed by atoms with van der Waals surface area (Å²) in [5, 5.41) is 3.68. The molecule has 1 aromatic heterocycles. The summed E-state index contributed by atoms with van der Waals surface area (Å²) >= 11 is 0. The largest absolute Gasteiger partial charge is 0.493 e. The Hall–Kier alpha value is -3.60. The smallest absolute Gasteiger partial charge is 0.314 e. The Labute approximate surface area is 213 Å². The van der Waals surface area contributed by atoms with Crippen LogP contribution in [-0.2, 0) is 20.2 Å². The average Bonchev–Trinajstić information content (AvgIpc) is 2.83. The molecule has 0 amide bonds. The highest BCUT2D eigenvalue weighted by Gasteiger charge is 2.52. The van der Waals surface area contributed by atoms with Crippen molar-refractivity contribution in [1.29, 1.82) is 0 Å². The summed E-state index contributed by atoms with van der Waals surface area (Å²) in [5.74, 6) is -3.23. The molecule has 37 heavy (non-hydrogen) atoms. The first-order valence-corrected chi connectivity index (χ1v) is 11.5. The van der Waals surface area contributed by atoms with Gasteiger partial charge in [0.05, 0.1) is 30.8 Å². The molecule has 8 nitrogen and oxygen atoms in total. The van der Waals surface area contributed by atoms with E-state index in [0.29, 0.717) is 40.7 Å². The van der Waals surface area contributed by atoms with Crippen molar-refractivity contribution in [3.63, 3.8) is 0 Å². The number of aromatic nitrogens is 2. The van der Waals surface area contributed by atoms with Gasteiger partial charge in [0.25, 0.3) is 6.47 Å². The molecule has 0 aliphatic carbocycles. The van der Waals surface area contributed by atoms with Crippen molar-refractivity contribution in [2.45, 2.75) is 45.3 Å². The lowest BCUT2D eigenvalue weighted by Crippen LogP contribution is -2.43. The Morgan fingerprint density at radius 1 is 1.11 bits per heavy atom. The quantitative estimate of drug-likeness (QED) is 0.253. The first kappa shape index (κ1) is 28.0. The van der Waals surface area contributed by atoms with Crippen LogP contribution in [0, 0.1) is 12.7 Å². The third-order valence-corrected chi connectivity index (χ3v) is 5.92. The van der Waals surface area contributed by atoms with E-state index in [2.05, 4.69) is 20.0 Å². The zero-order valence-electron chi connectivity index (χ0n) is 21.5. The molecule has 0 saturated heterocycles. The van der Waals surface area contributed by atoms with Crippen LogP contribution in [0.15, 0.2) is 30.3 Å². The lowest BCUT2D eigenvalue weighted by atomic mass is 9.90. The summed E-state index contributed by atoms with van der Waals surface area (Å²) in [5.41, 5.74) is -2.61. The molecule has 0 saturated carbocycles. The topological polar surface area (TPSA) is 91.8 Å². The monoisotopic (exact) mass is 521 g/mol. The maximum atomic E-state index is 15.5. The molecule has 1 N–H and O–H groups in total. The SMILES string of the molecule is COCCOc1cc2c(N[C@@H](C)c3cccc(C(F)(F)C(C)(C)OC=O)c3F)nc(C)nc2cc1OC. The van der Waals surface area contributed by atoms with Gasteiger partial charge in [0.1, 0.15) is 24.1 Å². The summed E-state index contributed by atoms with van der Waals surface area (Å²) < 4.78 is 66.6. The number of hydrogen-bond donors (Lipinski definition) is 1. The van der Waals surface area contributed by atoms with Crippen LogP contribution in [0.1, 0.15) is 43.8 Å². The number of nitrogens with zero attached hydrogens (tertiary/aromatic N) is 2. The lowest BCUT2D eigenvalue weighted by molar-refractivity contribution is -0.195. The number of halogens is 3. The Morgan fingerprint density at radius 2 is 1.84 bits per heavy atom. The van der Waals surface area contributed by atoms with Gasteiger partial charge >= 0.3 is 5.92 Å². The molecule has 2 aromatic carbocycles. The fraction of sp³-hybridized carbons (Fsp3) is 0.423. The van der Waals surface area contributed by atoms with Gasteiger partial charge in [-0.15, -0.1) is 0 Å². The van der Waals surface area contributed by atoms with Crippen LogP contribution in [0.5, 0.6) is 11.5 Å². The van der Waals surface area contributed by atoms with Crippen molar-refractivity contribution in [3.8, 4) is 11.5 Å². The molecule has 0 fully saturated rings. The van der Waals surface area contributed by atoms with Crippen molar-refractivity contribution in [1.82, 2.24) is 9.97 Å². The van der Waals surface area contributed by atoms with Crippen LogP contribution in [0.25, 0.3) is 10.9 Å². The van der Waals surface area contributed by atoms with Gasteiger partial charge < -0.3 is 24.3 Å². The first-order chi connectivity index (χ1) is 17.5. The second-order valence-electron chi connectivity index (χ2n) is 8.85. The number of aryl methyl sites for hydroxylation is 1. The van der Waals surface area contributed by atoms with Crippen molar-refractivity contribution in [2.24, 2.45) is 0 Å². The summed E-state index contributed by atoms with van der Waals surface area (Å²) in [6.07, 6.45) is 0. The van der Waals surface area contributed by atoms with Crippen LogP contribution in [-0.4, -0.2) is 49.5 Å². The number of anilines is 1. The van der Waals surface area contributed by atoms with Gasteiger partial charge in [-0.1, -0.05) is 12.1 Å². The molecule has 1 atom stereocenters. The summed E-state index contributed by atoms with van der Waals surface area (Å²) in [7, 11) is 3.06. The molecule has 0 unspecified atom stereocenters. The van der Waals surface area contributed by atoms with Gasteiger partial charge in [0, 0.05) is 24.1 Å². The number of carbonyl (C=O) groups is 1. The van der Waals surface area contributed by atoms with E-state index in [0.717, 1.165) is 19.9 Å². The van der Waals surface area contributed by atoms with Crippen LogP contribution in [0.3, 0.4) is 0 Å². The van der Waals surface area contributed by atoms with Gasteiger partial charge in [-0.2, -0.15) is 8.78 Å². The van der Waals surface area contributed by atoms with E-state index in [1.165, 1.54) is 19.2 Å². The zero-order valence-corrected chi connectivity index (χ0v) is 21.5. The molecule has 0 radical (unpaired) electrons. The average molecular weight is 522 g/mol. The van der Waals surface area contributed by atoms with Gasteiger partial charge in [0.2, 0.25) is 0 Å². The lowest BCUT2D eigenvalue weighted by Gasteiger charge is -2.33. The number of hydrogen-bond acceptors (Lipinski definition) is 8. The molecule has 200 valence electrons. The van der Waals surface area contributed by atoms with E-state index in [-0.39, 0.29) is 18.6 Å². The number of nitrogens with one attached hydrogen (secondary N) is 1. The van der Waals surface area contributed by atoms with Crippen molar-refractivity contribution >= 4 is 23.2 Å². The number of methoxy groups -OCH3 is 2. The molecule has 0 aliphatic rings. The number of fused-ring (bicyclic) bond motifs is 1. The fourth-order valence-electron chi connectivity index (χ4n) is 3.80. The highest BCUT2D eigenvalue weighted by molar-refractivity contribution is 5.92. The zero-order chi connectivity index (χ0) is 27.4. The molecule has 3 aromatic rings. The Balaban J connectivity index is 2.02. The third kappa shape index (κ3) is 5.71. The number of carbonyl (C=O) groups excluding carboxylic acids is 1. The van der Waals surface area contributed by atoms with Crippen LogP contribution >= 0.6 is 0 Å². The summed E-state index contributed by atoms with van der Waals surface area (Å²) in [6, 6.07) is 6.31. The van der Waals surface area contributed by atoms with E-state index in [1.807, 2.05) is 0 Å². The molecule has 0 bridgehead atoms. The standard InChI is InChI=1S/C26H30F3N3O5/c1-15(17-8-7-9-19(23(17)27)26(28,29)25(3,4)37-14-33)30-24-18-12-22(36-11-10-34-5)21(35-6)13-20(18)31-16(2)32-24/h7-9,12-15H,10-11H2,1-6H3,(H,30,31,32)/t15-/m0/s1. The molecule has 0 spiro atoms. The number of alkyl halides is 2. The van der Waals surface area contributed by atoms with E-state index < -0.39 is 28.9 Å². The van der Waals surface area contributed by atoms with Gasteiger partial charge in [-0.05, 0) is 39.8 Å². The van der Waals surface area contributed by atoms with Crippen LogP contribution in [0.4, 0.5) is 19.0 Å². The highest BCUT2D eigenvalue weighted by Crippen LogP contribution is 2.43. The molecular weight excluding hydrogens is 491 g/mol. The van der Waals surface area contributed by atoms with Gasteiger partial charge in [0.15, 0.2) is 17.1 Å². The normalized spacial score (nSPS) is 12.8. The predicted octanol–water partition coefficient (Wildman–Crippen LogP) is 5.33. The maximum Gasteiger partial charge on any atom is 0.314 e. The minimum Gasteiger partial charge on any atom is -0.493 e. The minimum atomic E-state index is -3.79. The van der Waals surface area contributed by atoms with E-state index in [9.17, 15) is 4.79 Å². The molecule has 1 heterocycles. The Kier molecular flexibility index (Phi) is 8.47. The molecule has 3 rings (SSSR count).